The van der Waals surface area contributed by atoms with Crippen LogP contribution in [-0.4, -0.2) is 41.8 Å². The normalized spacial score (nSPS) is 22.6. The van der Waals surface area contributed by atoms with Crippen LogP contribution in [0.4, 0.5) is 0 Å². The van der Waals surface area contributed by atoms with Crippen molar-refractivity contribution in [3.63, 3.8) is 0 Å². The van der Waals surface area contributed by atoms with E-state index in [1.54, 1.807) is 13.3 Å². The monoisotopic (exact) mass is 381 g/mol. The summed E-state index contributed by atoms with van der Waals surface area (Å²) in [5.41, 5.74) is 2.67. The number of aromatic nitrogens is 7. The van der Waals surface area contributed by atoms with Gasteiger partial charge in [-0.25, -0.2) is 4.98 Å². The molecule has 4 aromatic heterocycles. The molecule has 0 bridgehead atoms. The fourth-order valence-corrected chi connectivity index (χ4v) is 4.62. The summed E-state index contributed by atoms with van der Waals surface area (Å²) in [6, 6.07) is 2.03. The molecule has 146 valence electrons. The smallest absolute Gasteiger partial charge is 0.227 e. The summed E-state index contributed by atoms with van der Waals surface area (Å²) in [5.74, 6) is 3.72. The fraction of sp³-hybridized carbons (Fsp3) is 0.526. The van der Waals surface area contributed by atoms with Crippen LogP contribution < -0.4 is 0 Å². The number of nitrogens with zero attached hydrogens (tertiary/aromatic N) is 6. The average molecular weight is 381 g/mol. The van der Waals surface area contributed by atoms with Gasteiger partial charge in [0.25, 0.3) is 0 Å². The molecule has 1 fully saturated rings. The summed E-state index contributed by atoms with van der Waals surface area (Å²) in [6.45, 7) is 2.63. The highest BCUT2D eigenvalue weighted by Gasteiger charge is 2.37. The number of rotatable bonds is 6. The van der Waals surface area contributed by atoms with Crippen molar-refractivity contribution >= 4 is 16.8 Å². The molecule has 28 heavy (non-hydrogen) atoms. The number of aromatic amines is 1. The molecular formula is C19H23N7O2. The van der Waals surface area contributed by atoms with Gasteiger partial charge in [-0.3, -0.25) is 4.40 Å². The maximum atomic E-state index is 5.40. The molecule has 0 saturated heterocycles. The number of ether oxygens (including phenoxy) is 1. The third-order valence-corrected chi connectivity index (χ3v) is 5.86. The van der Waals surface area contributed by atoms with Crippen LogP contribution >= 0.6 is 0 Å². The van der Waals surface area contributed by atoms with Gasteiger partial charge >= 0.3 is 0 Å². The lowest BCUT2D eigenvalue weighted by Gasteiger charge is -2.16. The summed E-state index contributed by atoms with van der Waals surface area (Å²) in [4.78, 5) is 12.0. The second-order valence-corrected chi connectivity index (χ2v) is 7.58. The molecule has 0 spiro atoms. The van der Waals surface area contributed by atoms with E-state index in [1.807, 2.05) is 12.3 Å². The molecule has 1 saturated carbocycles. The zero-order valence-electron chi connectivity index (χ0n) is 16.0. The highest BCUT2D eigenvalue weighted by molar-refractivity contribution is 5.74. The van der Waals surface area contributed by atoms with Crippen molar-refractivity contribution in [2.75, 3.05) is 7.11 Å². The predicted octanol–water partition coefficient (Wildman–Crippen LogP) is 2.90. The number of fused-ring (bicyclic) bond motifs is 3. The van der Waals surface area contributed by atoms with Gasteiger partial charge < -0.3 is 14.2 Å². The van der Waals surface area contributed by atoms with Crippen LogP contribution in [0.3, 0.4) is 0 Å². The van der Waals surface area contributed by atoms with Crippen LogP contribution in [0.25, 0.3) is 16.8 Å². The minimum atomic E-state index is 0.354. The van der Waals surface area contributed by atoms with Crippen molar-refractivity contribution in [3.05, 3.63) is 36.0 Å². The van der Waals surface area contributed by atoms with Gasteiger partial charge in [-0.15, -0.1) is 10.2 Å². The summed E-state index contributed by atoms with van der Waals surface area (Å²) in [5, 5.41) is 12.9. The van der Waals surface area contributed by atoms with Gasteiger partial charge in [-0.1, -0.05) is 18.5 Å². The molecule has 4 heterocycles. The Kier molecular flexibility index (Phi) is 4.31. The molecule has 3 atom stereocenters. The standard InChI is InChI=1S/C19H23N7O2/c1-3-12-6-11(8-17-22-15(10-27-2)25-28-17)7-13(12)19-24-23-16-9-21-18-14(26(16)19)4-5-20-18/h4-5,9,11-13,20H,3,6-8,10H2,1-2H3. The molecule has 3 unspecified atom stereocenters. The maximum Gasteiger partial charge on any atom is 0.227 e. The van der Waals surface area contributed by atoms with E-state index in [4.69, 9.17) is 9.26 Å². The number of methoxy groups -OCH3 is 1. The van der Waals surface area contributed by atoms with E-state index < -0.39 is 0 Å². The third kappa shape index (κ3) is 2.86. The molecule has 9 heteroatoms. The Morgan fingerprint density at radius 2 is 2.25 bits per heavy atom. The summed E-state index contributed by atoms with van der Waals surface area (Å²) in [7, 11) is 1.63. The van der Waals surface area contributed by atoms with Gasteiger partial charge in [0, 0.05) is 25.6 Å². The van der Waals surface area contributed by atoms with Gasteiger partial charge in [0.15, 0.2) is 17.1 Å². The van der Waals surface area contributed by atoms with Gasteiger partial charge in [0.1, 0.15) is 12.4 Å². The van der Waals surface area contributed by atoms with Gasteiger partial charge in [0.2, 0.25) is 5.89 Å². The quantitative estimate of drug-likeness (QED) is 0.547. The molecular weight excluding hydrogens is 358 g/mol. The maximum absolute atomic E-state index is 5.40. The zero-order valence-corrected chi connectivity index (χ0v) is 16.0. The van der Waals surface area contributed by atoms with E-state index in [0.29, 0.717) is 36.1 Å². The van der Waals surface area contributed by atoms with E-state index in [2.05, 4.69) is 41.6 Å². The van der Waals surface area contributed by atoms with Crippen molar-refractivity contribution in [1.29, 1.82) is 0 Å². The molecule has 0 aliphatic heterocycles. The Morgan fingerprint density at radius 3 is 3.11 bits per heavy atom. The highest BCUT2D eigenvalue weighted by atomic mass is 16.5. The minimum Gasteiger partial charge on any atom is -0.377 e. The van der Waals surface area contributed by atoms with Crippen molar-refractivity contribution in [1.82, 2.24) is 34.7 Å². The van der Waals surface area contributed by atoms with E-state index >= 15 is 0 Å². The zero-order chi connectivity index (χ0) is 19.1. The van der Waals surface area contributed by atoms with Crippen molar-refractivity contribution in [2.24, 2.45) is 11.8 Å². The summed E-state index contributed by atoms with van der Waals surface area (Å²) in [6.07, 6.45) is 7.74. The first kappa shape index (κ1) is 17.3. The minimum absolute atomic E-state index is 0.354. The first-order valence-electron chi connectivity index (χ1n) is 9.74. The lowest BCUT2D eigenvalue weighted by molar-refractivity contribution is 0.174. The molecule has 1 N–H and O–H groups in total. The molecule has 4 aromatic rings. The highest BCUT2D eigenvalue weighted by Crippen LogP contribution is 2.45. The first-order chi connectivity index (χ1) is 13.8. The van der Waals surface area contributed by atoms with Crippen LogP contribution in [0.2, 0.25) is 0 Å². The van der Waals surface area contributed by atoms with Gasteiger partial charge in [-0.05, 0) is 30.7 Å². The van der Waals surface area contributed by atoms with Crippen LogP contribution in [0, 0.1) is 11.8 Å². The number of hydrogen-bond acceptors (Lipinski definition) is 7. The predicted molar refractivity (Wildman–Crippen MR) is 101 cm³/mol. The van der Waals surface area contributed by atoms with Gasteiger partial charge in [0.05, 0.1) is 11.7 Å². The Labute approximate surface area is 161 Å². The molecule has 5 rings (SSSR count). The number of H-pyrrole nitrogens is 1. The number of nitrogens with one attached hydrogen (secondary N) is 1. The molecule has 1 aliphatic rings. The molecule has 0 radical (unpaired) electrons. The van der Waals surface area contributed by atoms with Crippen LogP contribution in [0.5, 0.6) is 0 Å². The van der Waals surface area contributed by atoms with E-state index in [0.717, 1.165) is 48.3 Å². The van der Waals surface area contributed by atoms with E-state index in [9.17, 15) is 0 Å². The van der Waals surface area contributed by atoms with Crippen LogP contribution in [0.15, 0.2) is 23.0 Å². The fourth-order valence-electron chi connectivity index (χ4n) is 4.62. The van der Waals surface area contributed by atoms with E-state index in [-0.39, 0.29) is 0 Å². The third-order valence-electron chi connectivity index (χ3n) is 5.86. The molecule has 0 amide bonds. The Morgan fingerprint density at radius 1 is 1.32 bits per heavy atom. The van der Waals surface area contributed by atoms with Crippen LogP contribution in [-0.2, 0) is 17.8 Å². The lowest BCUT2D eigenvalue weighted by atomic mass is 9.93. The van der Waals surface area contributed by atoms with Crippen molar-refractivity contribution in [2.45, 2.75) is 45.1 Å². The van der Waals surface area contributed by atoms with Crippen LogP contribution in [0.1, 0.15) is 49.6 Å². The van der Waals surface area contributed by atoms with Crippen molar-refractivity contribution in [3.8, 4) is 0 Å². The average Bonchev–Trinajstić information content (AvgIpc) is 3.47. The Bertz CT molecular complexity index is 1100. The van der Waals surface area contributed by atoms with E-state index in [1.165, 1.54) is 0 Å². The van der Waals surface area contributed by atoms with Crippen molar-refractivity contribution < 1.29 is 9.26 Å². The van der Waals surface area contributed by atoms with Gasteiger partial charge in [-0.2, -0.15) is 4.98 Å². The lowest BCUT2D eigenvalue weighted by Crippen LogP contribution is -2.09. The SMILES string of the molecule is CCC1CC(Cc2nc(COC)no2)CC1c1nnc2cnc3[nH]ccc3n12. The Balaban J connectivity index is 1.43. The summed E-state index contributed by atoms with van der Waals surface area (Å²) >= 11 is 0. The summed E-state index contributed by atoms with van der Waals surface area (Å²) < 4.78 is 12.6. The molecule has 1 aliphatic carbocycles. The topological polar surface area (TPSA) is 107 Å². The molecule has 9 nitrogen and oxygen atoms in total. The second-order valence-electron chi connectivity index (χ2n) is 7.58. The largest absolute Gasteiger partial charge is 0.377 e. The number of hydrogen-bond donors (Lipinski definition) is 1. The Hall–Kier alpha value is -2.81. The molecule has 0 aromatic carbocycles. The first-order valence-corrected chi connectivity index (χ1v) is 9.74. The second kappa shape index (κ2) is 6.97.